The Hall–Kier alpha value is -3.68. The van der Waals surface area contributed by atoms with Crippen LogP contribution in [0.25, 0.3) is 6.08 Å². The number of fused-ring (bicyclic) bond motifs is 1. The van der Waals surface area contributed by atoms with Gasteiger partial charge in [-0.05, 0) is 31.2 Å². The summed E-state index contributed by atoms with van der Waals surface area (Å²) < 4.78 is 15.6. The van der Waals surface area contributed by atoms with Gasteiger partial charge in [-0.15, -0.1) is 0 Å². The van der Waals surface area contributed by atoms with Crippen molar-refractivity contribution in [1.82, 2.24) is 0 Å². The Bertz CT molecular complexity index is 991. The van der Waals surface area contributed by atoms with E-state index in [1.54, 1.807) is 12.1 Å². The molecule has 0 saturated heterocycles. The maximum absolute atomic E-state index is 12.1. The molecule has 4 rings (SSSR count). The quantitative estimate of drug-likeness (QED) is 0.364. The van der Waals surface area contributed by atoms with E-state index >= 15 is 0 Å². The second-order valence-electron chi connectivity index (χ2n) is 5.72. The van der Waals surface area contributed by atoms with Gasteiger partial charge in [0.25, 0.3) is 5.69 Å². The second kappa shape index (κ2) is 5.99. The second-order valence-corrected chi connectivity index (χ2v) is 5.72. The van der Waals surface area contributed by atoms with Crippen molar-refractivity contribution in [3.05, 3.63) is 68.9 Å². The van der Waals surface area contributed by atoms with Crippen molar-refractivity contribution in [1.29, 1.82) is 0 Å². The van der Waals surface area contributed by atoms with Crippen LogP contribution in [0.4, 0.5) is 5.69 Å². The lowest BCUT2D eigenvalue weighted by Crippen LogP contribution is -2.05. The fourth-order valence-corrected chi connectivity index (χ4v) is 2.60. The van der Waals surface area contributed by atoms with Crippen molar-refractivity contribution < 1.29 is 23.9 Å². The van der Waals surface area contributed by atoms with E-state index in [0.29, 0.717) is 11.3 Å². The van der Waals surface area contributed by atoms with Crippen molar-refractivity contribution in [2.45, 2.75) is 6.92 Å². The van der Waals surface area contributed by atoms with Crippen LogP contribution in [0.2, 0.25) is 0 Å². The molecule has 130 valence electrons. The molecule has 0 N–H and O–H groups in total. The van der Waals surface area contributed by atoms with Gasteiger partial charge < -0.3 is 14.2 Å². The Morgan fingerprint density at radius 2 is 1.85 bits per heavy atom. The predicted molar refractivity (Wildman–Crippen MR) is 91.0 cm³/mol. The van der Waals surface area contributed by atoms with Crippen molar-refractivity contribution in [2.24, 2.45) is 4.99 Å². The average Bonchev–Trinajstić information content (AvgIpc) is 3.21. The highest BCUT2D eigenvalue weighted by Gasteiger charge is 2.27. The maximum atomic E-state index is 12.1. The number of ether oxygens (including phenoxy) is 3. The summed E-state index contributed by atoms with van der Waals surface area (Å²) in [5.74, 6) is 0.144. The summed E-state index contributed by atoms with van der Waals surface area (Å²) in [5.41, 5.74) is 1.65. The summed E-state index contributed by atoms with van der Waals surface area (Å²) in [6.45, 7) is 1.93. The molecule has 2 heterocycles. The number of hydrogen-bond acceptors (Lipinski definition) is 7. The van der Waals surface area contributed by atoms with Crippen LogP contribution >= 0.6 is 0 Å². The van der Waals surface area contributed by atoms with Gasteiger partial charge in [-0.2, -0.15) is 0 Å². The van der Waals surface area contributed by atoms with Gasteiger partial charge in [-0.1, -0.05) is 17.7 Å². The van der Waals surface area contributed by atoms with Crippen LogP contribution in [0.5, 0.6) is 11.5 Å². The van der Waals surface area contributed by atoms with E-state index in [1.807, 2.05) is 19.1 Å². The standard InChI is InChI=1S/C18H12N2O6/c1-10-2-4-11(5-3-10)17-19-13(18(21)26-17)6-12-7-15-16(25-9-24-15)8-14(12)20(22)23/h2-8H,9H2,1H3. The first-order valence-corrected chi connectivity index (χ1v) is 7.69. The van der Waals surface area contributed by atoms with Crippen LogP contribution in [-0.2, 0) is 9.53 Å². The van der Waals surface area contributed by atoms with Gasteiger partial charge in [0.15, 0.2) is 17.2 Å². The molecule has 0 fully saturated rings. The van der Waals surface area contributed by atoms with Crippen LogP contribution in [0.1, 0.15) is 16.7 Å². The van der Waals surface area contributed by atoms with Crippen LogP contribution < -0.4 is 9.47 Å². The minimum atomic E-state index is -0.674. The van der Waals surface area contributed by atoms with Crippen molar-refractivity contribution in [3.8, 4) is 11.5 Å². The molecule has 0 spiro atoms. The third kappa shape index (κ3) is 2.77. The maximum Gasteiger partial charge on any atom is 0.363 e. The molecule has 26 heavy (non-hydrogen) atoms. The molecule has 0 radical (unpaired) electrons. The predicted octanol–water partition coefficient (Wildman–Crippen LogP) is 2.98. The third-order valence-corrected chi connectivity index (χ3v) is 3.93. The fraction of sp³-hybridized carbons (Fsp3) is 0.111. The smallest absolute Gasteiger partial charge is 0.363 e. The molecular formula is C18H12N2O6. The molecule has 0 saturated carbocycles. The number of aryl methyl sites for hydroxylation is 1. The molecule has 0 amide bonds. The summed E-state index contributed by atoms with van der Waals surface area (Å²) in [6.07, 6.45) is 1.31. The van der Waals surface area contributed by atoms with Crippen molar-refractivity contribution >= 4 is 23.6 Å². The number of cyclic esters (lactones) is 1. The van der Waals surface area contributed by atoms with Gasteiger partial charge in [-0.25, -0.2) is 9.79 Å². The molecule has 0 bridgehead atoms. The highest BCUT2D eigenvalue weighted by molar-refractivity contribution is 6.13. The molecule has 2 aromatic rings. The van der Waals surface area contributed by atoms with Gasteiger partial charge in [0, 0.05) is 5.56 Å². The number of carbonyl (C=O) groups is 1. The van der Waals surface area contributed by atoms with Crippen LogP contribution in [0, 0.1) is 17.0 Å². The SMILES string of the molecule is Cc1ccc(C2=NC(=Cc3cc4c(cc3[N+](=O)[O-])OCO4)C(=O)O2)cc1. The lowest BCUT2D eigenvalue weighted by atomic mass is 10.1. The third-order valence-electron chi connectivity index (χ3n) is 3.93. The van der Waals surface area contributed by atoms with Gasteiger partial charge in [0.2, 0.25) is 12.7 Å². The first-order chi connectivity index (χ1) is 12.5. The minimum absolute atomic E-state index is 0.00964. The van der Waals surface area contributed by atoms with Crippen LogP contribution in [0.3, 0.4) is 0 Å². The van der Waals surface area contributed by atoms with Gasteiger partial charge >= 0.3 is 5.97 Å². The molecule has 0 aliphatic carbocycles. The number of carbonyl (C=O) groups excluding carboxylic acids is 1. The van der Waals surface area contributed by atoms with Crippen molar-refractivity contribution in [3.63, 3.8) is 0 Å². The van der Waals surface area contributed by atoms with E-state index < -0.39 is 10.9 Å². The molecule has 2 aromatic carbocycles. The number of nitro benzene ring substituents is 1. The zero-order valence-corrected chi connectivity index (χ0v) is 13.6. The Labute approximate surface area is 147 Å². The van der Waals surface area contributed by atoms with Crippen molar-refractivity contribution in [2.75, 3.05) is 6.79 Å². The number of hydrogen-bond donors (Lipinski definition) is 0. The van der Waals surface area contributed by atoms with E-state index in [1.165, 1.54) is 18.2 Å². The highest BCUT2D eigenvalue weighted by Crippen LogP contribution is 2.39. The largest absolute Gasteiger partial charge is 0.454 e. The Morgan fingerprint density at radius 1 is 1.15 bits per heavy atom. The summed E-state index contributed by atoms with van der Waals surface area (Å²) in [6, 6.07) is 10.0. The number of aliphatic imine (C=N–C) groups is 1. The monoisotopic (exact) mass is 352 g/mol. The Balaban J connectivity index is 1.75. The summed E-state index contributed by atoms with van der Waals surface area (Å²) in [4.78, 5) is 27.0. The van der Waals surface area contributed by atoms with E-state index in [2.05, 4.69) is 4.99 Å². The number of nitrogens with zero attached hydrogens (tertiary/aromatic N) is 2. The van der Waals surface area contributed by atoms with Gasteiger partial charge in [0.1, 0.15) is 0 Å². The van der Waals surface area contributed by atoms with Gasteiger partial charge in [0.05, 0.1) is 16.6 Å². The number of esters is 1. The zero-order valence-electron chi connectivity index (χ0n) is 13.6. The highest BCUT2D eigenvalue weighted by atomic mass is 16.7. The normalized spacial score (nSPS) is 16.6. The number of rotatable bonds is 3. The minimum Gasteiger partial charge on any atom is -0.454 e. The van der Waals surface area contributed by atoms with E-state index in [9.17, 15) is 14.9 Å². The lowest BCUT2D eigenvalue weighted by Gasteiger charge is -2.01. The van der Waals surface area contributed by atoms with E-state index in [-0.39, 0.29) is 35.4 Å². The van der Waals surface area contributed by atoms with Gasteiger partial charge in [-0.3, -0.25) is 10.1 Å². The topological polar surface area (TPSA) is 100 Å². The fourth-order valence-electron chi connectivity index (χ4n) is 2.60. The zero-order chi connectivity index (χ0) is 18.3. The molecule has 8 nitrogen and oxygen atoms in total. The molecule has 0 atom stereocenters. The van der Waals surface area contributed by atoms with Crippen LogP contribution in [0.15, 0.2) is 47.1 Å². The molecular weight excluding hydrogens is 340 g/mol. The molecule has 0 unspecified atom stereocenters. The summed E-state index contributed by atoms with van der Waals surface area (Å²) in [5, 5.41) is 11.3. The number of nitro groups is 1. The molecule has 8 heteroatoms. The Kier molecular flexibility index (Phi) is 3.65. The lowest BCUT2D eigenvalue weighted by molar-refractivity contribution is -0.385. The Morgan fingerprint density at radius 3 is 2.54 bits per heavy atom. The van der Waals surface area contributed by atoms with Crippen LogP contribution in [-0.4, -0.2) is 23.6 Å². The first kappa shape index (κ1) is 15.8. The molecule has 0 aromatic heterocycles. The number of benzene rings is 2. The average molecular weight is 352 g/mol. The summed E-state index contributed by atoms with van der Waals surface area (Å²) >= 11 is 0. The summed E-state index contributed by atoms with van der Waals surface area (Å²) in [7, 11) is 0. The molecule has 2 aliphatic heterocycles. The van der Waals surface area contributed by atoms with E-state index in [4.69, 9.17) is 14.2 Å². The molecule has 2 aliphatic rings. The van der Waals surface area contributed by atoms with E-state index in [0.717, 1.165) is 5.56 Å². The first-order valence-electron chi connectivity index (χ1n) is 7.69.